The topological polar surface area (TPSA) is 69.7 Å². The van der Waals surface area contributed by atoms with Crippen LogP contribution in [0.3, 0.4) is 0 Å². The molecule has 0 aromatic heterocycles. The third kappa shape index (κ3) is 4.54. The fraction of sp³-hybridized carbons (Fsp3) is 0.357. The molecule has 102 valence electrons. The van der Waals surface area contributed by atoms with E-state index in [9.17, 15) is 14.4 Å². The van der Waals surface area contributed by atoms with Gasteiger partial charge in [-0.05, 0) is 13.8 Å². The average Bonchev–Trinajstić information content (AvgIpc) is 2.36. The number of ether oxygens (including phenoxy) is 2. The molecular formula is C14H16O5. The minimum absolute atomic E-state index is 0.275. The number of Topliss-reactive ketones (excluding diaryl/α,β-unsaturated/α-hetero) is 1. The normalized spacial score (nSPS) is 13.2. The lowest BCUT2D eigenvalue weighted by atomic mass is 10.1. The summed E-state index contributed by atoms with van der Waals surface area (Å²) in [6.45, 7) is 4.00. The number of ketones is 1. The number of carbonyl (C=O) groups excluding carboxylic acids is 3. The Kier molecular flexibility index (Phi) is 5.23. The molecule has 0 fully saturated rings. The van der Waals surface area contributed by atoms with Gasteiger partial charge in [-0.25, -0.2) is 4.79 Å². The summed E-state index contributed by atoms with van der Waals surface area (Å²) >= 11 is 0. The van der Waals surface area contributed by atoms with Crippen molar-refractivity contribution >= 4 is 17.7 Å². The molecule has 0 saturated carbocycles. The van der Waals surface area contributed by atoms with Gasteiger partial charge in [-0.3, -0.25) is 9.59 Å². The van der Waals surface area contributed by atoms with Gasteiger partial charge in [0.1, 0.15) is 0 Å². The van der Waals surface area contributed by atoms with Gasteiger partial charge in [-0.2, -0.15) is 0 Å². The maximum Gasteiger partial charge on any atom is 0.352 e. The highest BCUT2D eigenvalue weighted by molar-refractivity contribution is 5.85. The standard InChI is InChI=1S/C14H16O5/c1-9(15)10(2)18-14(17)13(19-11(3)16)12-7-5-4-6-8-12/h4-8,10,13H,1-3H3/t10-,13-/m0/s1. The number of hydrogen-bond acceptors (Lipinski definition) is 5. The molecule has 0 spiro atoms. The van der Waals surface area contributed by atoms with E-state index in [-0.39, 0.29) is 5.78 Å². The lowest BCUT2D eigenvalue weighted by Crippen LogP contribution is -2.28. The van der Waals surface area contributed by atoms with Crippen molar-refractivity contribution in [2.75, 3.05) is 0 Å². The van der Waals surface area contributed by atoms with E-state index in [2.05, 4.69) is 0 Å². The molecule has 5 heteroatoms. The first-order chi connectivity index (χ1) is 8.91. The van der Waals surface area contributed by atoms with Gasteiger partial charge >= 0.3 is 11.9 Å². The van der Waals surface area contributed by atoms with E-state index in [4.69, 9.17) is 9.47 Å². The molecule has 0 amide bonds. The molecule has 19 heavy (non-hydrogen) atoms. The van der Waals surface area contributed by atoms with Crippen LogP contribution in [-0.2, 0) is 23.9 Å². The molecule has 0 unspecified atom stereocenters. The van der Waals surface area contributed by atoms with E-state index in [1.807, 2.05) is 0 Å². The summed E-state index contributed by atoms with van der Waals surface area (Å²) in [6.07, 6.45) is -2.02. The molecule has 1 aromatic rings. The minimum Gasteiger partial charge on any atom is -0.452 e. The predicted octanol–water partition coefficient (Wildman–Crippen LogP) is 1.81. The molecule has 0 N–H and O–H groups in total. The van der Waals surface area contributed by atoms with Crippen LogP contribution >= 0.6 is 0 Å². The summed E-state index contributed by atoms with van der Waals surface area (Å²) in [5.74, 6) is -1.63. The van der Waals surface area contributed by atoms with Crippen molar-refractivity contribution in [2.24, 2.45) is 0 Å². The van der Waals surface area contributed by atoms with Crippen LogP contribution < -0.4 is 0 Å². The minimum atomic E-state index is -1.15. The van der Waals surface area contributed by atoms with Crippen LogP contribution in [0.5, 0.6) is 0 Å². The maximum absolute atomic E-state index is 11.9. The average molecular weight is 264 g/mol. The fourth-order valence-corrected chi connectivity index (χ4v) is 1.37. The molecule has 0 saturated heterocycles. The molecule has 0 aliphatic heterocycles. The second-order valence-electron chi connectivity index (χ2n) is 4.09. The summed E-state index contributed by atoms with van der Waals surface area (Å²) in [5, 5.41) is 0. The van der Waals surface area contributed by atoms with Crippen LogP contribution in [0, 0.1) is 0 Å². The van der Waals surface area contributed by atoms with E-state index >= 15 is 0 Å². The van der Waals surface area contributed by atoms with Crippen molar-refractivity contribution in [3.8, 4) is 0 Å². The number of rotatable bonds is 5. The number of hydrogen-bond donors (Lipinski definition) is 0. The van der Waals surface area contributed by atoms with Gasteiger partial charge in [0.2, 0.25) is 6.10 Å². The second-order valence-corrected chi connectivity index (χ2v) is 4.09. The highest BCUT2D eigenvalue weighted by atomic mass is 16.6. The zero-order valence-corrected chi connectivity index (χ0v) is 11.1. The quantitative estimate of drug-likeness (QED) is 0.758. The van der Waals surface area contributed by atoms with Gasteiger partial charge in [0, 0.05) is 12.5 Å². The number of benzene rings is 1. The van der Waals surface area contributed by atoms with Gasteiger partial charge in [0.05, 0.1) is 0 Å². The molecule has 0 aliphatic carbocycles. The highest BCUT2D eigenvalue weighted by Gasteiger charge is 2.27. The number of esters is 2. The van der Waals surface area contributed by atoms with Crippen molar-refractivity contribution in [3.05, 3.63) is 35.9 Å². The van der Waals surface area contributed by atoms with E-state index in [0.717, 1.165) is 0 Å². The second kappa shape index (κ2) is 6.68. The molecule has 1 rings (SSSR count). The summed E-state index contributed by atoms with van der Waals surface area (Å²) in [7, 11) is 0. The van der Waals surface area contributed by atoms with E-state index in [1.54, 1.807) is 30.3 Å². The van der Waals surface area contributed by atoms with Gasteiger partial charge in [-0.1, -0.05) is 30.3 Å². The van der Waals surface area contributed by atoms with Crippen molar-refractivity contribution in [2.45, 2.75) is 33.0 Å². The predicted molar refractivity (Wildman–Crippen MR) is 67.2 cm³/mol. The molecule has 0 aliphatic rings. The Bertz CT molecular complexity index is 466. The monoisotopic (exact) mass is 264 g/mol. The number of carbonyl (C=O) groups is 3. The van der Waals surface area contributed by atoms with Gasteiger partial charge in [0.15, 0.2) is 11.9 Å². The third-order valence-electron chi connectivity index (χ3n) is 2.47. The molecule has 0 radical (unpaired) electrons. The zero-order chi connectivity index (χ0) is 14.4. The lowest BCUT2D eigenvalue weighted by Gasteiger charge is -2.18. The zero-order valence-electron chi connectivity index (χ0n) is 11.1. The fourth-order valence-electron chi connectivity index (χ4n) is 1.37. The van der Waals surface area contributed by atoms with Gasteiger partial charge in [0.25, 0.3) is 0 Å². The smallest absolute Gasteiger partial charge is 0.352 e. The Balaban J connectivity index is 2.89. The van der Waals surface area contributed by atoms with E-state index in [1.165, 1.54) is 20.8 Å². The Morgan fingerprint density at radius 1 is 1.00 bits per heavy atom. The van der Waals surface area contributed by atoms with Crippen LogP contribution in [0.15, 0.2) is 30.3 Å². The largest absolute Gasteiger partial charge is 0.452 e. The van der Waals surface area contributed by atoms with Crippen LogP contribution in [0.1, 0.15) is 32.4 Å². The molecule has 5 nitrogen and oxygen atoms in total. The first-order valence-electron chi connectivity index (χ1n) is 5.85. The lowest BCUT2D eigenvalue weighted by molar-refractivity contribution is -0.171. The van der Waals surface area contributed by atoms with Crippen molar-refractivity contribution in [1.29, 1.82) is 0 Å². The van der Waals surface area contributed by atoms with Gasteiger partial charge < -0.3 is 9.47 Å². The SMILES string of the molecule is CC(=O)O[C@H](C(=O)O[C@@H](C)C(C)=O)c1ccccc1. The van der Waals surface area contributed by atoms with Crippen LogP contribution in [0.25, 0.3) is 0 Å². The molecule has 1 aromatic carbocycles. The van der Waals surface area contributed by atoms with Crippen LogP contribution in [0.4, 0.5) is 0 Å². The summed E-state index contributed by atoms with van der Waals surface area (Å²) in [4.78, 5) is 34.1. The Morgan fingerprint density at radius 3 is 2.05 bits per heavy atom. The molecular weight excluding hydrogens is 248 g/mol. The van der Waals surface area contributed by atoms with Gasteiger partial charge in [-0.15, -0.1) is 0 Å². The summed E-state index contributed by atoms with van der Waals surface area (Å²) < 4.78 is 9.92. The van der Waals surface area contributed by atoms with E-state index < -0.39 is 24.1 Å². The molecule has 0 bridgehead atoms. The van der Waals surface area contributed by atoms with E-state index in [0.29, 0.717) is 5.56 Å². The summed E-state index contributed by atoms with van der Waals surface area (Å²) in [5.41, 5.74) is 0.499. The Labute approximate surface area is 111 Å². The highest BCUT2D eigenvalue weighted by Crippen LogP contribution is 2.20. The Hall–Kier alpha value is -2.17. The van der Waals surface area contributed by atoms with Crippen LogP contribution in [0.2, 0.25) is 0 Å². The van der Waals surface area contributed by atoms with Crippen molar-refractivity contribution in [3.63, 3.8) is 0 Å². The Morgan fingerprint density at radius 2 is 1.58 bits per heavy atom. The first kappa shape index (κ1) is 14.9. The van der Waals surface area contributed by atoms with Crippen molar-refractivity contribution in [1.82, 2.24) is 0 Å². The summed E-state index contributed by atoms with van der Waals surface area (Å²) in [6, 6.07) is 8.50. The first-order valence-corrected chi connectivity index (χ1v) is 5.85. The van der Waals surface area contributed by atoms with Crippen LogP contribution in [-0.4, -0.2) is 23.8 Å². The third-order valence-corrected chi connectivity index (χ3v) is 2.47. The van der Waals surface area contributed by atoms with Crippen molar-refractivity contribution < 1.29 is 23.9 Å². The molecule has 2 atom stereocenters. The maximum atomic E-state index is 11.9. The molecule has 0 heterocycles.